The SMILES string of the molecule is CCNC(=NCc1ccc(OCC)c(C)c1)NC1CCC(=O)NC1. The van der Waals surface area contributed by atoms with Crippen molar-refractivity contribution in [3.8, 4) is 5.75 Å². The summed E-state index contributed by atoms with van der Waals surface area (Å²) in [5.74, 6) is 1.83. The number of hydrogen-bond donors (Lipinski definition) is 3. The van der Waals surface area contributed by atoms with Crippen LogP contribution in [0.2, 0.25) is 0 Å². The number of nitrogens with one attached hydrogen (secondary N) is 3. The average Bonchev–Trinajstić information content (AvgIpc) is 2.57. The molecule has 0 aromatic heterocycles. The molecule has 1 atom stereocenters. The van der Waals surface area contributed by atoms with Gasteiger partial charge in [-0.1, -0.05) is 12.1 Å². The summed E-state index contributed by atoms with van der Waals surface area (Å²) in [6.45, 7) is 8.79. The van der Waals surface area contributed by atoms with Crippen molar-refractivity contribution in [2.24, 2.45) is 4.99 Å². The number of benzene rings is 1. The number of carbonyl (C=O) groups excluding carboxylic acids is 1. The van der Waals surface area contributed by atoms with E-state index in [0.29, 0.717) is 26.1 Å². The van der Waals surface area contributed by atoms with Gasteiger partial charge in [0.25, 0.3) is 0 Å². The number of hydrogen-bond acceptors (Lipinski definition) is 3. The third-order valence-corrected chi connectivity index (χ3v) is 3.91. The Labute approximate surface area is 144 Å². The molecule has 3 N–H and O–H groups in total. The summed E-state index contributed by atoms with van der Waals surface area (Å²) < 4.78 is 5.57. The molecule has 6 nitrogen and oxygen atoms in total. The molecule has 6 heteroatoms. The van der Waals surface area contributed by atoms with Gasteiger partial charge in [-0.05, 0) is 44.4 Å². The van der Waals surface area contributed by atoms with Crippen LogP contribution < -0.4 is 20.7 Å². The molecule has 0 bridgehead atoms. The van der Waals surface area contributed by atoms with Crippen molar-refractivity contribution in [3.05, 3.63) is 29.3 Å². The lowest BCUT2D eigenvalue weighted by atomic mass is 10.1. The van der Waals surface area contributed by atoms with Crippen LogP contribution in [-0.2, 0) is 11.3 Å². The summed E-state index contributed by atoms with van der Waals surface area (Å²) in [6, 6.07) is 6.38. The van der Waals surface area contributed by atoms with Gasteiger partial charge in [0.15, 0.2) is 5.96 Å². The van der Waals surface area contributed by atoms with Gasteiger partial charge in [0.05, 0.1) is 13.2 Å². The number of aliphatic imine (C=N–C) groups is 1. The topological polar surface area (TPSA) is 74.8 Å². The van der Waals surface area contributed by atoms with Crippen molar-refractivity contribution in [2.45, 2.75) is 46.2 Å². The average molecular weight is 332 g/mol. The molecule has 1 saturated heterocycles. The Morgan fingerprint density at radius 1 is 1.42 bits per heavy atom. The minimum atomic E-state index is 0.125. The molecule has 1 fully saturated rings. The Hall–Kier alpha value is -2.24. The zero-order valence-corrected chi connectivity index (χ0v) is 14.8. The highest BCUT2D eigenvalue weighted by Crippen LogP contribution is 2.19. The van der Waals surface area contributed by atoms with Gasteiger partial charge in [-0.15, -0.1) is 0 Å². The third-order valence-electron chi connectivity index (χ3n) is 3.91. The minimum absolute atomic E-state index is 0.125. The minimum Gasteiger partial charge on any atom is -0.494 e. The van der Waals surface area contributed by atoms with Crippen LogP contribution in [0.25, 0.3) is 0 Å². The molecule has 24 heavy (non-hydrogen) atoms. The van der Waals surface area contributed by atoms with Crippen LogP contribution in [0.1, 0.15) is 37.8 Å². The van der Waals surface area contributed by atoms with Crippen molar-refractivity contribution >= 4 is 11.9 Å². The van der Waals surface area contributed by atoms with Gasteiger partial charge in [0.2, 0.25) is 5.91 Å². The lowest BCUT2D eigenvalue weighted by Crippen LogP contribution is -2.51. The second kappa shape index (κ2) is 9.15. The molecule has 0 spiro atoms. The predicted molar refractivity (Wildman–Crippen MR) is 96.3 cm³/mol. The van der Waals surface area contributed by atoms with Gasteiger partial charge in [0, 0.05) is 25.6 Å². The number of rotatable bonds is 6. The van der Waals surface area contributed by atoms with E-state index in [0.717, 1.165) is 35.8 Å². The number of nitrogens with zero attached hydrogens (tertiary/aromatic N) is 1. The number of piperidine rings is 1. The summed E-state index contributed by atoms with van der Waals surface area (Å²) in [7, 11) is 0. The summed E-state index contributed by atoms with van der Waals surface area (Å²) in [4.78, 5) is 15.9. The van der Waals surface area contributed by atoms with E-state index >= 15 is 0 Å². The van der Waals surface area contributed by atoms with Crippen LogP contribution in [0.15, 0.2) is 23.2 Å². The molecule has 0 radical (unpaired) electrons. The Balaban J connectivity index is 1.97. The predicted octanol–water partition coefficient (Wildman–Crippen LogP) is 1.73. The zero-order valence-electron chi connectivity index (χ0n) is 14.8. The maximum atomic E-state index is 11.2. The fourth-order valence-corrected chi connectivity index (χ4v) is 2.67. The Morgan fingerprint density at radius 2 is 2.25 bits per heavy atom. The number of carbonyl (C=O) groups is 1. The van der Waals surface area contributed by atoms with Gasteiger partial charge in [-0.2, -0.15) is 0 Å². The van der Waals surface area contributed by atoms with Crippen LogP contribution in [0, 0.1) is 6.92 Å². The Bertz CT molecular complexity index is 576. The maximum absolute atomic E-state index is 11.2. The first-order valence-electron chi connectivity index (χ1n) is 8.66. The monoisotopic (exact) mass is 332 g/mol. The smallest absolute Gasteiger partial charge is 0.220 e. The number of guanidine groups is 1. The largest absolute Gasteiger partial charge is 0.494 e. The first-order chi connectivity index (χ1) is 11.6. The van der Waals surface area contributed by atoms with E-state index in [-0.39, 0.29) is 11.9 Å². The summed E-state index contributed by atoms with van der Waals surface area (Å²) >= 11 is 0. The van der Waals surface area contributed by atoms with Crippen molar-refractivity contribution in [2.75, 3.05) is 19.7 Å². The number of amides is 1. The van der Waals surface area contributed by atoms with Crippen LogP contribution in [0.3, 0.4) is 0 Å². The fourth-order valence-electron chi connectivity index (χ4n) is 2.67. The molecule has 1 unspecified atom stereocenters. The molecule has 2 rings (SSSR count). The number of ether oxygens (including phenoxy) is 1. The van der Waals surface area contributed by atoms with Crippen molar-refractivity contribution in [3.63, 3.8) is 0 Å². The second-order valence-corrected chi connectivity index (χ2v) is 5.91. The molecule has 1 amide bonds. The van der Waals surface area contributed by atoms with Gasteiger partial charge in [-0.25, -0.2) is 4.99 Å². The Morgan fingerprint density at radius 3 is 2.88 bits per heavy atom. The standard InChI is InChI=1S/C18H28N4O2/c1-4-19-18(22-15-7-9-17(23)20-12-15)21-11-14-6-8-16(24-5-2)13(3)10-14/h6,8,10,15H,4-5,7,9,11-12H2,1-3H3,(H,20,23)(H2,19,21,22). The molecule has 1 aromatic carbocycles. The van der Waals surface area contributed by atoms with Crippen molar-refractivity contribution < 1.29 is 9.53 Å². The second-order valence-electron chi connectivity index (χ2n) is 5.91. The van der Waals surface area contributed by atoms with Crippen molar-refractivity contribution in [1.82, 2.24) is 16.0 Å². The highest BCUT2D eigenvalue weighted by atomic mass is 16.5. The highest BCUT2D eigenvalue weighted by molar-refractivity contribution is 5.81. The summed E-state index contributed by atoms with van der Waals surface area (Å²) in [6.07, 6.45) is 1.40. The van der Waals surface area contributed by atoms with E-state index in [9.17, 15) is 4.79 Å². The van der Waals surface area contributed by atoms with E-state index in [1.165, 1.54) is 0 Å². The maximum Gasteiger partial charge on any atom is 0.220 e. The molecule has 0 aliphatic carbocycles. The lowest BCUT2D eigenvalue weighted by Gasteiger charge is -2.25. The van der Waals surface area contributed by atoms with E-state index in [4.69, 9.17) is 4.74 Å². The first-order valence-corrected chi connectivity index (χ1v) is 8.66. The first kappa shape index (κ1) is 18.1. The van der Waals surface area contributed by atoms with Crippen LogP contribution >= 0.6 is 0 Å². The van der Waals surface area contributed by atoms with Gasteiger partial charge >= 0.3 is 0 Å². The van der Waals surface area contributed by atoms with E-state index in [2.05, 4.69) is 27.0 Å². The Kier molecular flexibility index (Phi) is 6.90. The molecular formula is C18H28N4O2. The van der Waals surface area contributed by atoms with E-state index in [1.54, 1.807) is 0 Å². The van der Waals surface area contributed by atoms with Crippen LogP contribution in [-0.4, -0.2) is 37.6 Å². The quantitative estimate of drug-likeness (QED) is 0.548. The van der Waals surface area contributed by atoms with Crippen LogP contribution in [0.4, 0.5) is 0 Å². The zero-order chi connectivity index (χ0) is 17.4. The van der Waals surface area contributed by atoms with Crippen LogP contribution in [0.5, 0.6) is 5.75 Å². The molecule has 1 aliphatic heterocycles. The molecule has 1 aliphatic rings. The molecule has 1 heterocycles. The lowest BCUT2D eigenvalue weighted by molar-refractivity contribution is -0.122. The van der Waals surface area contributed by atoms with Crippen molar-refractivity contribution in [1.29, 1.82) is 0 Å². The summed E-state index contributed by atoms with van der Waals surface area (Å²) in [5, 5.41) is 9.53. The van der Waals surface area contributed by atoms with E-state index in [1.807, 2.05) is 32.9 Å². The number of aryl methyl sites for hydroxylation is 1. The molecule has 0 saturated carbocycles. The van der Waals surface area contributed by atoms with Gasteiger partial charge in [-0.3, -0.25) is 4.79 Å². The molecule has 1 aromatic rings. The normalized spacial score (nSPS) is 18.0. The fraction of sp³-hybridized carbons (Fsp3) is 0.556. The molecular weight excluding hydrogens is 304 g/mol. The van der Waals surface area contributed by atoms with E-state index < -0.39 is 0 Å². The summed E-state index contributed by atoms with van der Waals surface area (Å²) in [5.41, 5.74) is 2.27. The highest BCUT2D eigenvalue weighted by Gasteiger charge is 2.18. The van der Waals surface area contributed by atoms with Gasteiger partial charge in [0.1, 0.15) is 5.75 Å². The molecule has 132 valence electrons. The third kappa shape index (κ3) is 5.44. The van der Waals surface area contributed by atoms with Gasteiger partial charge < -0.3 is 20.7 Å².